The summed E-state index contributed by atoms with van der Waals surface area (Å²) in [6.07, 6.45) is 0. The summed E-state index contributed by atoms with van der Waals surface area (Å²) in [6.45, 7) is 2.38. The summed E-state index contributed by atoms with van der Waals surface area (Å²) in [5.74, 6) is 0.442. The Morgan fingerprint density at radius 2 is 2.18 bits per heavy atom. The van der Waals surface area contributed by atoms with Gasteiger partial charge in [0, 0.05) is 17.0 Å². The molecule has 0 unspecified atom stereocenters. The molecule has 0 aliphatic carbocycles. The number of carbonyl (C=O) groups excluding carboxylic acids is 1. The summed E-state index contributed by atoms with van der Waals surface area (Å²) in [5.41, 5.74) is 0.939. The number of rotatable bonds is 7. The maximum absolute atomic E-state index is 12.2. The SMILES string of the molecule is COc1ccc2sc(C(=O)NCCSCC(=O)O)c(C)c2c1. The van der Waals surface area contributed by atoms with Crippen molar-refractivity contribution in [1.82, 2.24) is 5.32 Å². The fourth-order valence-electron chi connectivity index (χ4n) is 2.02. The number of thiophene rings is 1. The molecule has 2 rings (SSSR count). The van der Waals surface area contributed by atoms with Gasteiger partial charge >= 0.3 is 5.97 Å². The molecular formula is C15H17NO4S2. The molecule has 0 spiro atoms. The molecule has 22 heavy (non-hydrogen) atoms. The molecule has 0 bridgehead atoms. The predicted octanol–water partition coefficient (Wildman–Crippen LogP) is 2.77. The van der Waals surface area contributed by atoms with Crippen molar-refractivity contribution in [1.29, 1.82) is 0 Å². The maximum atomic E-state index is 12.2. The molecule has 0 fully saturated rings. The first-order chi connectivity index (χ1) is 10.5. The Labute approximate surface area is 136 Å². The van der Waals surface area contributed by atoms with Gasteiger partial charge in [0.15, 0.2) is 0 Å². The third-order valence-corrected chi connectivity index (χ3v) is 5.32. The summed E-state index contributed by atoms with van der Waals surface area (Å²) in [5, 5.41) is 12.4. The van der Waals surface area contributed by atoms with E-state index in [1.165, 1.54) is 23.1 Å². The summed E-state index contributed by atoms with van der Waals surface area (Å²) < 4.78 is 6.26. The average molecular weight is 339 g/mol. The number of benzene rings is 1. The number of amides is 1. The second-order valence-electron chi connectivity index (χ2n) is 4.62. The van der Waals surface area contributed by atoms with Gasteiger partial charge in [0.25, 0.3) is 5.91 Å². The molecule has 5 nitrogen and oxygen atoms in total. The second kappa shape index (κ2) is 7.51. The number of hydrogen-bond donors (Lipinski definition) is 2. The molecule has 1 amide bonds. The van der Waals surface area contributed by atoms with Gasteiger partial charge in [-0.25, -0.2) is 0 Å². The van der Waals surface area contributed by atoms with Crippen LogP contribution in [0, 0.1) is 6.92 Å². The first-order valence-corrected chi connectivity index (χ1v) is 8.65. The largest absolute Gasteiger partial charge is 0.497 e. The van der Waals surface area contributed by atoms with Gasteiger partial charge in [-0.3, -0.25) is 9.59 Å². The number of carbonyl (C=O) groups is 2. The van der Waals surface area contributed by atoms with Gasteiger partial charge in [-0.05, 0) is 36.1 Å². The van der Waals surface area contributed by atoms with Crippen LogP contribution in [0.2, 0.25) is 0 Å². The Bertz CT molecular complexity index is 696. The molecule has 0 aliphatic heterocycles. The molecule has 118 valence electrons. The van der Waals surface area contributed by atoms with E-state index in [2.05, 4.69) is 5.32 Å². The van der Waals surface area contributed by atoms with Crippen molar-refractivity contribution in [3.8, 4) is 5.75 Å². The standard InChI is InChI=1S/C15H17NO4S2/c1-9-11-7-10(20-2)3-4-12(11)22-14(9)15(19)16-5-6-21-8-13(17)18/h3-4,7H,5-6,8H2,1-2H3,(H,16,19)(H,17,18). The fourth-order valence-corrected chi connectivity index (χ4v) is 3.69. The smallest absolute Gasteiger partial charge is 0.313 e. The van der Waals surface area contributed by atoms with E-state index in [0.717, 1.165) is 21.4 Å². The van der Waals surface area contributed by atoms with E-state index in [4.69, 9.17) is 9.84 Å². The number of nitrogens with one attached hydrogen (secondary N) is 1. The Hall–Kier alpha value is -1.73. The third-order valence-electron chi connectivity index (χ3n) is 3.11. The van der Waals surface area contributed by atoms with Crippen LogP contribution in [-0.4, -0.2) is 42.1 Å². The van der Waals surface area contributed by atoms with Gasteiger partial charge in [0.2, 0.25) is 0 Å². The summed E-state index contributed by atoms with van der Waals surface area (Å²) in [6, 6.07) is 5.76. The summed E-state index contributed by atoms with van der Waals surface area (Å²) >= 11 is 2.74. The highest BCUT2D eigenvalue weighted by molar-refractivity contribution is 7.99. The van der Waals surface area contributed by atoms with Crippen molar-refractivity contribution in [2.75, 3.05) is 25.2 Å². The number of methoxy groups -OCH3 is 1. The molecule has 0 aliphatic rings. The average Bonchev–Trinajstić information content (AvgIpc) is 2.83. The molecule has 0 atom stereocenters. The van der Waals surface area contributed by atoms with Crippen molar-refractivity contribution in [2.45, 2.75) is 6.92 Å². The Balaban J connectivity index is 2.02. The van der Waals surface area contributed by atoms with Gasteiger partial charge in [0.05, 0.1) is 17.7 Å². The molecule has 1 aromatic heterocycles. The zero-order valence-corrected chi connectivity index (χ0v) is 14.0. The minimum Gasteiger partial charge on any atom is -0.497 e. The normalized spacial score (nSPS) is 10.6. The van der Waals surface area contributed by atoms with Crippen LogP contribution in [0.5, 0.6) is 5.75 Å². The van der Waals surface area contributed by atoms with E-state index in [0.29, 0.717) is 17.2 Å². The predicted molar refractivity (Wildman–Crippen MR) is 90.4 cm³/mol. The molecule has 2 aromatic rings. The number of carboxylic acid groups (broad SMARTS) is 1. The Morgan fingerprint density at radius 3 is 2.86 bits per heavy atom. The van der Waals surface area contributed by atoms with Crippen LogP contribution >= 0.6 is 23.1 Å². The van der Waals surface area contributed by atoms with E-state index >= 15 is 0 Å². The Morgan fingerprint density at radius 1 is 1.41 bits per heavy atom. The van der Waals surface area contributed by atoms with Crippen LogP contribution in [-0.2, 0) is 4.79 Å². The minimum atomic E-state index is -0.842. The summed E-state index contributed by atoms with van der Waals surface area (Å²) in [7, 11) is 1.62. The third kappa shape index (κ3) is 3.92. The quantitative estimate of drug-likeness (QED) is 0.759. The Kier molecular flexibility index (Phi) is 5.68. The second-order valence-corrected chi connectivity index (χ2v) is 6.78. The lowest BCUT2D eigenvalue weighted by Crippen LogP contribution is -2.25. The molecule has 2 N–H and O–H groups in total. The first kappa shape index (κ1) is 16.6. The number of carboxylic acids is 1. The molecule has 7 heteroatoms. The lowest BCUT2D eigenvalue weighted by atomic mass is 10.1. The van der Waals surface area contributed by atoms with Crippen LogP contribution in [0.25, 0.3) is 10.1 Å². The van der Waals surface area contributed by atoms with Gasteiger partial charge in [0.1, 0.15) is 5.75 Å². The number of ether oxygens (including phenoxy) is 1. The fraction of sp³-hybridized carbons (Fsp3) is 0.333. The van der Waals surface area contributed by atoms with Crippen LogP contribution in [0.1, 0.15) is 15.2 Å². The van der Waals surface area contributed by atoms with Crippen molar-refractivity contribution in [3.63, 3.8) is 0 Å². The van der Waals surface area contributed by atoms with Crippen LogP contribution in [0.3, 0.4) is 0 Å². The van der Waals surface area contributed by atoms with E-state index in [1.54, 1.807) is 7.11 Å². The van der Waals surface area contributed by atoms with Gasteiger partial charge in [-0.1, -0.05) is 0 Å². The zero-order valence-electron chi connectivity index (χ0n) is 12.3. The topological polar surface area (TPSA) is 75.6 Å². The lowest BCUT2D eigenvalue weighted by Gasteiger charge is -2.03. The highest BCUT2D eigenvalue weighted by atomic mass is 32.2. The highest BCUT2D eigenvalue weighted by Gasteiger charge is 2.15. The summed E-state index contributed by atoms with van der Waals surface area (Å²) in [4.78, 5) is 23.3. The molecule has 0 saturated heterocycles. The van der Waals surface area contributed by atoms with Gasteiger partial charge < -0.3 is 15.2 Å². The first-order valence-electron chi connectivity index (χ1n) is 6.67. The monoisotopic (exact) mass is 339 g/mol. The van der Waals surface area contributed by atoms with Crippen molar-refractivity contribution in [3.05, 3.63) is 28.6 Å². The van der Waals surface area contributed by atoms with Crippen LogP contribution < -0.4 is 10.1 Å². The van der Waals surface area contributed by atoms with Crippen LogP contribution in [0.15, 0.2) is 18.2 Å². The molecule has 0 radical (unpaired) electrons. The van der Waals surface area contributed by atoms with Crippen LogP contribution in [0.4, 0.5) is 0 Å². The van der Waals surface area contributed by atoms with Crippen molar-refractivity contribution < 1.29 is 19.4 Å². The lowest BCUT2D eigenvalue weighted by molar-refractivity contribution is -0.133. The zero-order chi connectivity index (χ0) is 16.1. The van der Waals surface area contributed by atoms with Crippen molar-refractivity contribution in [2.24, 2.45) is 0 Å². The number of aryl methyl sites for hydroxylation is 1. The van der Waals surface area contributed by atoms with Gasteiger partial charge in [-0.2, -0.15) is 0 Å². The molecular weight excluding hydrogens is 322 g/mol. The minimum absolute atomic E-state index is 0.0532. The van der Waals surface area contributed by atoms with Crippen molar-refractivity contribution >= 4 is 45.1 Å². The maximum Gasteiger partial charge on any atom is 0.313 e. The number of fused-ring (bicyclic) bond motifs is 1. The molecule has 0 saturated carbocycles. The number of thioether (sulfide) groups is 1. The van der Waals surface area contributed by atoms with E-state index in [9.17, 15) is 9.59 Å². The molecule has 1 heterocycles. The van der Waals surface area contributed by atoms with E-state index < -0.39 is 5.97 Å². The highest BCUT2D eigenvalue weighted by Crippen LogP contribution is 2.33. The number of aliphatic carboxylic acids is 1. The van der Waals surface area contributed by atoms with E-state index in [1.807, 2.05) is 25.1 Å². The van der Waals surface area contributed by atoms with Gasteiger partial charge in [-0.15, -0.1) is 23.1 Å². The number of hydrogen-bond acceptors (Lipinski definition) is 5. The molecule has 1 aromatic carbocycles. The van der Waals surface area contributed by atoms with E-state index in [-0.39, 0.29) is 11.7 Å².